The molecule has 0 saturated carbocycles. The predicted octanol–water partition coefficient (Wildman–Crippen LogP) is 2.73. The molecule has 0 spiro atoms. The SMILES string of the molecule is CCNCc1nc(CN2CCC(C(C)C)C2)cs1. The largest absolute Gasteiger partial charge is 0.311 e. The molecular formula is C14H25N3S. The van der Waals surface area contributed by atoms with Crippen LogP contribution in [0.4, 0.5) is 0 Å². The summed E-state index contributed by atoms with van der Waals surface area (Å²) in [4.78, 5) is 7.25. The van der Waals surface area contributed by atoms with E-state index in [1.54, 1.807) is 11.3 Å². The smallest absolute Gasteiger partial charge is 0.107 e. The number of rotatable bonds is 6. The van der Waals surface area contributed by atoms with Crippen molar-refractivity contribution >= 4 is 11.3 Å². The maximum absolute atomic E-state index is 4.70. The monoisotopic (exact) mass is 267 g/mol. The van der Waals surface area contributed by atoms with Gasteiger partial charge >= 0.3 is 0 Å². The van der Waals surface area contributed by atoms with E-state index in [4.69, 9.17) is 4.98 Å². The molecule has 1 saturated heterocycles. The lowest BCUT2D eigenvalue weighted by Crippen LogP contribution is -2.21. The van der Waals surface area contributed by atoms with Gasteiger partial charge in [0, 0.05) is 25.0 Å². The second kappa shape index (κ2) is 6.64. The van der Waals surface area contributed by atoms with E-state index >= 15 is 0 Å². The highest BCUT2D eigenvalue weighted by molar-refractivity contribution is 7.09. The molecule has 0 aromatic carbocycles. The van der Waals surface area contributed by atoms with Gasteiger partial charge < -0.3 is 5.32 Å². The Morgan fingerprint density at radius 1 is 1.56 bits per heavy atom. The van der Waals surface area contributed by atoms with Crippen LogP contribution < -0.4 is 5.32 Å². The molecule has 102 valence electrons. The Labute approximate surface area is 115 Å². The van der Waals surface area contributed by atoms with Crippen molar-refractivity contribution in [3.05, 3.63) is 16.1 Å². The number of thiazole rings is 1. The van der Waals surface area contributed by atoms with Crippen molar-refractivity contribution < 1.29 is 0 Å². The molecule has 0 amide bonds. The van der Waals surface area contributed by atoms with Gasteiger partial charge in [-0.2, -0.15) is 0 Å². The first-order valence-electron chi connectivity index (χ1n) is 7.05. The Hall–Kier alpha value is -0.450. The molecule has 1 aliphatic rings. The van der Waals surface area contributed by atoms with Gasteiger partial charge in [-0.1, -0.05) is 20.8 Å². The van der Waals surface area contributed by atoms with Gasteiger partial charge in [0.2, 0.25) is 0 Å². The van der Waals surface area contributed by atoms with Crippen molar-refractivity contribution in [2.24, 2.45) is 11.8 Å². The van der Waals surface area contributed by atoms with Gasteiger partial charge in [-0.3, -0.25) is 4.90 Å². The Kier molecular flexibility index (Phi) is 5.15. The van der Waals surface area contributed by atoms with Gasteiger partial charge in [-0.05, 0) is 31.3 Å². The summed E-state index contributed by atoms with van der Waals surface area (Å²) < 4.78 is 0. The van der Waals surface area contributed by atoms with E-state index in [0.29, 0.717) is 0 Å². The number of hydrogen-bond donors (Lipinski definition) is 1. The van der Waals surface area contributed by atoms with E-state index in [1.807, 2.05) is 0 Å². The summed E-state index contributed by atoms with van der Waals surface area (Å²) in [6, 6.07) is 0. The van der Waals surface area contributed by atoms with Gasteiger partial charge in [0.05, 0.1) is 5.69 Å². The molecular weight excluding hydrogens is 242 g/mol. The van der Waals surface area contributed by atoms with E-state index in [0.717, 1.165) is 31.5 Å². The zero-order valence-electron chi connectivity index (χ0n) is 11.8. The molecule has 1 fully saturated rings. The predicted molar refractivity (Wildman–Crippen MR) is 77.7 cm³/mol. The average Bonchev–Trinajstić information content (AvgIpc) is 2.96. The lowest BCUT2D eigenvalue weighted by Gasteiger charge is -2.16. The maximum atomic E-state index is 4.70. The zero-order valence-corrected chi connectivity index (χ0v) is 12.6. The summed E-state index contributed by atoms with van der Waals surface area (Å²) >= 11 is 1.78. The summed E-state index contributed by atoms with van der Waals surface area (Å²) in [5, 5.41) is 6.76. The fraction of sp³-hybridized carbons (Fsp3) is 0.786. The molecule has 1 atom stereocenters. The van der Waals surface area contributed by atoms with Crippen LogP contribution in [0.15, 0.2) is 5.38 Å². The third-order valence-electron chi connectivity index (χ3n) is 3.76. The Morgan fingerprint density at radius 2 is 2.39 bits per heavy atom. The van der Waals surface area contributed by atoms with E-state index in [2.05, 4.69) is 36.4 Å². The molecule has 0 radical (unpaired) electrons. The molecule has 1 unspecified atom stereocenters. The first-order valence-corrected chi connectivity index (χ1v) is 7.93. The summed E-state index contributed by atoms with van der Waals surface area (Å²) in [5.74, 6) is 1.69. The third-order valence-corrected chi connectivity index (χ3v) is 4.66. The second-order valence-electron chi connectivity index (χ2n) is 5.54. The zero-order chi connectivity index (χ0) is 13.0. The van der Waals surface area contributed by atoms with E-state index in [1.165, 1.54) is 30.2 Å². The quantitative estimate of drug-likeness (QED) is 0.859. The molecule has 1 aromatic rings. The standard InChI is InChI=1S/C14H25N3S/c1-4-15-7-14-16-13(10-18-14)9-17-6-5-12(8-17)11(2)3/h10-12,15H,4-9H2,1-3H3. The van der Waals surface area contributed by atoms with Crippen molar-refractivity contribution in [1.29, 1.82) is 0 Å². The van der Waals surface area contributed by atoms with Gasteiger partial charge in [0.25, 0.3) is 0 Å². The Bertz CT molecular complexity index is 362. The van der Waals surface area contributed by atoms with E-state index in [-0.39, 0.29) is 0 Å². The molecule has 0 bridgehead atoms. The normalized spacial score (nSPS) is 21.0. The molecule has 2 heterocycles. The second-order valence-corrected chi connectivity index (χ2v) is 6.48. The van der Waals surface area contributed by atoms with Crippen LogP contribution in [0.3, 0.4) is 0 Å². The van der Waals surface area contributed by atoms with Crippen LogP contribution in [0, 0.1) is 11.8 Å². The van der Waals surface area contributed by atoms with Crippen LogP contribution in [0.1, 0.15) is 37.9 Å². The molecule has 1 aliphatic heterocycles. The van der Waals surface area contributed by atoms with Gasteiger partial charge in [-0.15, -0.1) is 11.3 Å². The molecule has 1 N–H and O–H groups in total. The van der Waals surface area contributed by atoms with Crippen molar-refractivity contribution in [2.45, 2.75) is 40.3 Å². The Morgan fingerprint density at radius 3 is 3.06 bits per heavy atom. The van der Waals surface area contributed by atoms with E-state index in [9.17, 15) is 0 Å². The average molecular weight is 267 g/mol. The summed E-state index contributed by atoms with van der Waals surface area (Å²) in [6.07, 6.45) is 1.35. The highest BCUT2D eigenvalue weighted by atomic mass is 32.1. The minimum atomic E-state index is 0.815. The van der Waals surface area contributed by atoms with Gasteiger partial charge in [0.15, 0.2) is 0 Å². The highest BCUT2D eigenvalue weighted by Crippen LogP contribution is 2.25. The van der Waals surface area contributed by atoms with Crippen LogP contribution in [-0.2, 0) is 13.1 Å². The molecule has 0 aliphatic carbocycles. The van der Waals surface area contributed by atoms with Crippen molar-refractivity contribution in [3.8, 4) is 0 Å². The van der Waals surface area contributed by atoms with Crippen molar-refractivity contribution in [1.82, 2.24) is 15.2 Å². The molecule has 18 heavy (non-hydrogen) atoms. The number of likely N-dealkylation sites (tertiary alicyclic amines) is 1. The number of nitrogens with zero attached hydrogens (tertiary/aromatic N) is 2. The first-order chi connectivity index (χ1) is 8.69. The molecule has 1 aromatic heterocycles. The van der Waals surface area contributed by atoms with E-state index < -0.39 is 0 Å². The Balaban J connectivity index is 1.81. The minimum Gasteiger partial charge on any atom is -0.311 e. The van der Waals surface area contributed by atoms with Crippen molar-refractivity contribution in [2.75, 3.05) is 19.6 Å². The third kappa shape index (κ3) is 3.77. The van der Waals surface area contributed by atoms with Crippen LogP contribution >= 0.6 is 11.3 Å². The van der Waals surface area contributed by atoms with Crippen LogP contribution in [0.25, 0.3) is 0 Å². The summed E-state index contributed by atoms with van der Waals surface area (Å²) in [7, 11) is 0. The van der Waals surface area contributed by atoms with Gasteiger partial charge in [-0.25, -0.2) is 4.98 Å². The minimum absolute atomic E-state index is 0.815. The highest BCUT2D eigenvalue weighted by Gasteiger charge is 2.25. The lowest BCUT2D eigenvalue weighted by atomic mass is 9.95. The number of aromatic nitrogens is 1. The van der Waals surface area contributed by atoms with Crippen LogP contribution in [0.5, 0.6) is 0 Å². The fourth-order valence-electron chi connectivity index (χ4n) is 2.51. The molecule has 2 rings (SSSR count). The number of nitrogens with one attached hydrogen (secondary N) is 1. The molecule has 4 heteroatoms. The lowest BCUT2D eigenvalue weighted by molar-refractivity contribution is 0.294. The molecule has 3 nitrogen and oxygen atoms in total. The van der Waals surface area contributed by atoms with Crippen molar-refractivity contribution in [3.63, 3.8) is 0 Å². The topological polar surface area (TPSA) is 28.2 Å². The van der Waals surface area contributed by atoms with Crippen LogP contribution in [-0.4, -0.2) is 29.5 Å². The maximum Gasteiger partial charge on any atom is 0.107 e. The van der Waals surface area contributed by atoms with Crippen LogP contribution in [0.2, 0.25) is 0 Å². The van der Waals surface area contributed by atoms with Gasteiger partial charge in [0.1, 0.15) is 5.01 Å². The first kappa shape index (κ1) is 14.0. The summed E-state index contributed by atoms with van der Waals surface area (Å²) in [5.41, 5.74) is 1.25. The number of hydrogen-bond acceptors (Lipinski definition) is 4. The summed E-state index contributed by atoms with van der Waals surface area (Å²) in [6.45, 7) is 12.3. The fourth-order valence-corrected chi connectivity index (χ4v) is 3.27.